The van der Waals surface area contributed by atoms with E-state index in [1.807, 2.05) is 42.5 Å². The molecule has 4 nitrogen and oxygen atoms in total. The number of nitrogens with one attached hydrogen (secondary N) is 1. The van der Waals surface area contributed by atoms with Crippen molar-refractivity contribution in [3.63, 3.8) is 0 Å². The van der Waals surface area contributed by atoms with Crippen molar-refractivity contribution >= 4 is 35.7 Å². The Kier molecular flexibility index (Phi) is 8.37. The van der Waals surface area contributed by atoms with Gasteiger partial charge in [0.15, 0.2) is 0 Å². The van der Waals surface area contributed by atoms with Gasteiger partial charge in [0.05, 0.1) is 12.7 Å². The first kappa shape index (κ1) is 22.7. The van der Waals surface area contributed by atoms with Crippen LogP contribution in [0.1, 0.15) is 46.9 Å². The number of carbonyl (C=O) groups is 2. The van der Waals surface area contributed by atoms with Gasteiger partial charge in [-0.3, -0.25) is 4.79 Å². The molecule has 0 atom stereocenters. The van der Waals surface area contributed by atoms with Crippen LogP contribution in [0.3, 0.4) is 0 Å². The molecule has 0 radical (unpaired) electrons. The van der Waals surface area contributed by atoms with Crippen LogP contribution in [0.15, 0.2) is 78.9 Å². The highest BCUT2D eigenvalue weighted by molar-refractivity contribution is 7.80. The van der Waals surface area contributed by atoms with E-state index in [-0.39, 0.29) is 5.91 Å². The molecule has 0 aliphatic heterocycles. The first-order chi connectivity index (χ1) is 15.2. The van der Waals surface area contributed by atoms with Crippen LogP contribution in [-0.4, -0.2) is 25.5 Å². The molecule has 0 fully saturated rings. The van der Waals surface area contributed by atoms with Gasteiger partial charge >= 0.3 is 5.97 Å². The molecule has 160 valence electrons. The van der Waals surface area contributed by atoms with Crippen LogP contribution in [-0.2, 0) is 4.74 Å². The first-order valence-corrected chi connectivity index (χ1v) is 11.9. The Morgan fingerprint density at radius 3 is 2.03 bits per heavy atom. The Balaban J connectivity index is 2.07. The van der Waals surface area contributed by atoms with Gasteiger partial charge < -0.3 is 10.1 Å². The van der Waals surface area contributed by atoms with E-state index in [0.29, 0.717) is 17.7 Å². The maximum atomic E-state index is 12.8. The zero-order chi connectivity index (χ0) is 22.1. The maximum Gasteiger partial charge on any atom is 0.338 e. The zero-order valence-electron chi connectivity index (χ0n) is 18.0. The van der Waals surface area contributed by atoms with Crippen LogP contribution < -0.4 is 21.2 Å². The number of amides is 1. The minimum Gasteiger partial charge on any atom is -0.465 e. The Labute approximate surface area is 185 Å². The van der Waals surface area contributed by atoms with E-state index in [2.05, 4.69) is 36.5 Å². The second-order valence-electron chi connectivity index (χ2n) is 7.19. The van der Waals surface area contributed by atoms with Crippen molar-refractivity contribution in [2.24, 2.45) is 0 Å². The lowest BCUT2D eigenvalue weighted by atomic mass is 10.1. The molecule has 0 aromatic heterocycles. The summed E-state index contributed by atoms with van der Waals surface area (Å²) < 4.78 is 5.06. The normalized spacial score (nSPS) is 10.7. The van der Waals surface area contributed by atoms with Crippen molar-refractivity contribution in [3.8, 4) is 0 Å². The van der Waals surface area contributed by atoms with Gasteiger partial charge in [-0.1, -0.05) is 80.4 Å². The minimum absolute atomic E-state index is 0.121. The summed E-state index contributed by atoms with van der Waals surface area (Å²) in [6.45, 7) is 2.78. The van der Waals surface area contributed by atoms with Crippen LogP contribution in [0.2, 0.25) is 0 Å². The summed E-state index contributed by atoms with van der Waals surface area (Å²) in [5.74, 6) is -0.519. The molecular weight excluding hydrogens is 405 g/mol. The van der Waals surface area contributed by atoms with E-state index in [9.17, 15) is 9.59 Å². The maximum absolute atomic E-state index is 12.8. The van der Waals surface area contributed by atoms with E-state index < -0.39 is 13.9 Å². The summed E-state index contributed by atoms with van der Waals surface area (Å²) in [4.78, 5) is 25.4. The summed E-state index contributed by atoms with van der Waals surface area (Å²) in [6, 6.07) is 25.5. The van der Waals surface area contributed by atoms with Gasteiger partial charge in [0, 0.05) is 17.4 Å². The quantitative estimate of drug-likeness (QED) is 0.313. The highest BCUT2D eigenvalue weighted by Crippen LogP contribution is 2.34. The lowest BCUT2D eigenvalue weighted by Gasteiger charge is -2.22. The fourth-order valence-corrected chi connectivity index (χ4v) is 5.87. The molecule has 0 aliphatic carbocycles. The largest absolute Gasteiger partial charge is 0.465 e. The molecule has 3 aromatic rings. The lowest BCUT2D eigenvalue weighted by Crippen LogP contribution is -2.29. The molecule has 0 saturated heterocycles. The van der Waals surface area contributed by atoms with Gasteiger partial charge in [-0.2, -0.15) is 0 Å². The number of esters is 1. The van der Waals surface area contributed by atoms with Crippen molar-refractivity contribution in [1.82, 2.24) is 5.32 Å². The summed E-state index contributed by atoms with van der Waals surface area (Å²) in [5.41, 5.74) is 1.04. The lowest BCUT2D eigenvalue weighted by molar-refractivity contribution is 0.0602. The van der Waals surface area contributed by atoms with Crippen LogP contribution in [0, 0.1) is 0 Å². The topological polar surface area (TPSA) is 55.4 Å². The fourth-order valence-electron chi connectivity index (χ4n) is 3.40. The fraction of sp³-hybridized carbons (Fsp3) is 0.231. The number of unbranched alkanes of at least 4 members (excludes halogenated alkanes) is 2. The number of hydrogen-bond acceptors (Lipinski definition) is 3. The first-order valence-electron chi connectivity index (χ1n) is 10.6. The number of methoxy groups -OCH3 is 1. The van der Waals surface area contributed by atoms with Gasteiger partial charge in [-0.05, 0) is 43.2 Å². The average molecular weight is 433 g/mol. The SMILES string of the molecule is CCCCCNC(=O)c1ccc(C(=O)OC)c(P(c2ccccc2)c2ccccc2)c1. The second-order valence-corrected chi connectivity index (χ2v) is 9.38. The molecular formula is C26H28NO3P. The highest BCUT2D eigenvalue weighted by Gasteiger charge is 2.24. The molecule has 0 spiro atoms. The average Bonchev–Trinajstić information content (AvgIpc) is 2.83. The predicted molar refractivity (Wildman–Crippen MR) is 128 cm³/mol. The molecule has 31 heavy (non-hydrogen) atoms. The Morgan fingerprint density at radius 2 is 1.48 bits per heavy atom. The third-order valence-electron chi connectivity index (χ3n) is 5.00. The number of rotatable bonds is 9. The molecule has 3 rings (SSSR count). The Morgan fingerprint density at radius 1 is 0.871 bits per heavy atom. The molecule has 3 aromatic carbocycles. The Hall–Kier alpha value is -2.97. The number of carbonyl (C=O) groups excluding carboxylic acids is 2. The van der Waals surface area contributed by atoms with Crippen molar-refractivity contribution in [2.75, 3.05) is 13.7 Å². The number of hydrogen-bond donors (Lipinski definition) is 1. The van der Waals surface area contributed by atoms with Gasteiger partial charge in [0.1, 0.15) is 0 Å². The second kappa shape index (κ2) is 11.4. The number of benzene rings is 3. The van der Waals surface area contributed by atoms with Crippen molar-refractivity contribution in [1.29, 1.82) is 0 Å². The van der Waals surface area contributed by atoms with Gasteiger partial charge in [-0.25, -0.2) is 4.79 Å². The van der Waals surface area contributed by atoms with Crippen LogP contribution in [0.5, 0.6) is 0 Å². The molecule has 0 saturated carbocycles. The van der Waals surface area contributed by atoms with E-state index in [4.69, 9.17) is 4.74 Å². The smallest absolute Gasteiger partial charge is 0.338 e. The van der Waals surface area contributed by atoms with Crippen LogP contribution in [0.4, 0.5) is 0 Å². The van der Waals surface area contributed by atoms with Crippen molar-refractivity contribution in [2.45, 2.75) is 26.2 Å². The molecule has 0 unspecified atom stereocenters. The van der Waals surface area contributed by atoms with E-state index >= 15 is 0 Å². The van der Waals surface area contributed by atoms with Crippen LogP contribution in [0.25, 0.3) is 0 Å². The summed E-state index contributed by atoms with van der Waals surface area (Å²) >= 11 is 0. The monoisotopic (exact) mass is 433 g/mol. The Bertz CT molecular complexity index is 966. The van der Waals surface area contributed by atoms with Crippen LogP contribution >= 0.6 is 7.92 Å². The van der Waals surface area contributed by atoms with E-state index in [1.54, 1.807) is 12.1 Å². The molecule has 1 N–H and O–H groups in total. The summed E-state index contributed by atoms with van der Waals surface area (Å²) in [7, 11) is 0.337. The van der Waals surface area contributed by atoms with E-state index in [1.165, 1.54) is 7.11 Å². The van der Waals surface area contributed by atoms with E-state index in [0.717, 1.165) is 35.2 Å². The van der Waals surface area contributed by atoms with Crippen molar-refractivity contribution in [3.05, 3.63) is 90.0 Å². The highest BCUT2D eigenvalue weighted by atomic mass is 31.1. The van der Waals surface area contributed by atoms with Gasteiger partial charge in [0.25, 0.3) is 5.91 Å². The molecule has 5 heteroatoms. The standard InChI is InChI=1S/C26H28NO3P/c1-3-4-11-18-27-25(28)20-16-17-23(26(29)30-2)24(19-20)31(21-12-7-5-8-13-21)22-14-9-6-10-15-22/h5-10,12-17,19H,3-4,11,18H2,1-2H3,(H,27,28). The van der Waals surface area contributed by atoms with Gasteiger partial charge in [-0.15, -0.1) is 0 Å². The summed E-state index contributed by atoms with van der Waals surface area (Å²) in [6.07, 6.45) is 3.14. The van der Waals surface area contributed by atoms with Crippen molar-refractivity contribution < 1.29 is 14.3 Å². The molecule has 0 bridgehead atoms. The zero-order valence-corrected chi connectivity index (χ0v) is 18.9. The number of ether oxygens (including phenoxy) is 1. The third-order valence-corrected chi connectivity index (χ3v) is 7.48. The molecule has 1 amide bonds. The minimum atomic E-state index is -1.05. The predicted octanol–water partition coefficient (Wildman–Crippen LogP) is 4.15. The molecule has 0 heterocycles. The summed E-state index contributed by atoms with van der Waals surface area (Å²) in [5, 5.41) is 6.03. The molecule has 0 aliphatic rings. The third kappa shape index (κ3) is 5.80. The van der Waals surface area contributed by atoms with Gasteiger partial charge in [0.2, 0.25) is 0 Å².